The van der Waals surface area contributed by atoms with Crippen LogP contribution in [0.5, 0.6) is 0 Å². The van der Waals surface area contributed by atoms with Gasteiger partial charge in [-0.25, -0.2) is 0 Å². The zero-order valence-electron chi connectivity index (χ0n) is 10.5. The predicted molar refractivity (Wildman–Crippen MR) is 77.7 cm³/mol. The molecule has 0 aliphatic rings. The number of carbonyl (C=O) groups excluding carboxylic acids is 1. The van der Waals surface area contributed by atoms with Crippen LogP contribution in [0.2, 0.25) is 0 Å². The number of anilines is 1. The molecular formula is C13H14ClN3OS. The van der Waals surface area contributed by atoms with Crippen LogP contribution in [-0.2, 0) is 17.6 Å². The number of hydrogen-bond donors (Lipinski definition) is 1. The van der Waals surface area contributed by atoms with Gasteiger partial charge in [-0.15, -0.1) is 21.8 Å². The van der Waals surface area contributed by atoms with Crippen LogP contribution < -0.4 is 5.32 Å². The van der Waals surface area contributed by atoms with Gasteiger partial charge in [-0.05, 0) is 18.9 Å². The van der Waals surface area contributed by atoms with Crippen molar-refractivity contribution in [3.8, 4) is 0 Å². The average molecular weight is 296 g/mol. The Labute approximate surface area is 120 Å². The number of aryl methyl sites for hydroxylation is 2. The van der Waals surface area contributed by atoms with Gasteiger partial charge in [0.2, 0.25) is 11.0 Å². The minimum absolute atomic E-state index is 0.257. The van der Waals surface area contributed by atoms with Crippen LogP contribution in [-0.4, -0.2) is 21.5 Å². The van der Waals surface area contributed by atoms with Crippen molar-refractivity contribution in [2.24, 2.45) is 0 Å². The van der Waals surface area contributed by atoms with Gasteiger partial charge in [0, 0.05) is 6.42 Å². The van der Waals surface area contributed by atoms with Gasteiger partial charge in [0.15, 0.2) is 0 Å². The lowest BCUT2D eigenvalue weighted by Crippen LogP contribution is -2.20. The first-order valence-corrected chi connectivity index (χ1v) is 7.21. The van der Waals surface area contributed by atoms with E-state index in [1.807, 2.05) is 18.2 Å². The van der Waals surface area contributed by atoms with Crippen LogP contribution in [0.3, 0.4) is 0 Å². The number of carbonyl (C=O) groups is 1. The Morgan fingerprint density at radius 2 is 2.05 bits per heavy atom. The molecule has 0 saturated carbocycles. The minimum atomic E-state index is -0.573. The van der Waals surface area contributed by atoms with Crippen molar-refractivity contribution >= 4 is 34.0 Å². The zero-order valence-corrected chi connectivity index (χ0v) is 12.0. The molecule has 1 atom stereocenters. The third kappa shape index (κ3) is 4.29. The fraction of sp³-hybridized carbons (Fsp3) is 0.308. The van der Waals surface area contributed by atoms with Gasteiger partial charge >= 0.3 is 0 Å². The number of nitrogens with zero attached hydrogens (tertiary/aromatic N) is 2. The lowest BCUT2D eigenvalue weighted by molar-refractivity contribution is -0.115. The molecule has 0 fully saturated rings. The predicted octanol–water partition coefficient (Wildman–Crippen LogP) is 2.89. The molecule has 1 aromatic carbocycles. The zero-order chi connectivity index (χ0) is 13.7. The minimum Gasteiger partial charge on any atom is -0.299 e. The highest BCUT2D eigenvalue weighted by molar-refractivity contribution is 7.15. The van der Waals surface area contributed by atoms with E-state index in [2.05, 4.69) is 27.6 Å². The Balaban J connectivity index is 1.89. The van der Waals surface area contributed by atoms with Gasteiger partial charge < -0.3 is 0 Å². The highest BCUT2D eigenvalue weighted by Gasteiger charge is 2.12. The molecule has 0 spiro atoms. The quantitative estimate of drug-likeness (QED) is 0.863. The van der Waals surface area contributed by atoms with Gasteiger partial charge in [-0.1, -0.05) is 41.7 Å². The van der Waals surface area contributed by atoms with E-state index in [0.717, 1.165) is 17.8 Å². The Morgan fingerprint density at radius 3 is 2.74 bits per heavy atom. The first-order chi connectivity index (χ1) is 9.15. The molecule has 2 rings (SSSR count). The van der Waals surface area contributed by atoms with Crippen LogP contribution in [0.1, 0.15) is 17.5 Å². The molecule has 6 heteroatoms. The van der Waals surface area contributed by atoms with Crippen molar-refractivity contribution in [2.75, 3.05) is 5.32 Å². The number of halogens is 1. The van der Waals surface area contributed by atoms with E-state index in [4.69, 9.17) is 11.6 Å². The van der Waals surface area contributed by atoms with E-state index in [1.54, 1.807) is 6.92 Å². The molecular weight excluding hydrogens is 282 g/mol. The molecule has 1 aromatic heterocycles. The fourth-order valence-electron chi connectivity index (χ4n) is 1.51. The largest absolute Gasteiger partial charge is 0.299 e. The maximum absolute atomic E-state index is 11.4. The molecule has 0 aliphatic carbocycles. The smallest absolute Gasteiger partial charge is 0.243 e. The van der Waals surface area contributed by atoms with E-state index in [-0.39, 0.29) is 5.91 Å². The number of nitrogens with one attached hydrogen (secondary N) is 1. The Morgan fingerprint density at radius 1 is 1.32 bits per heavy atom. The molecule has 0 unspecified atom stereocenters. The SMILES string of the molecule is C[C@H](Cl)C(=O)Nc1nnc(CCc2ccccc2)s1. The molecule has 1 heterocycles. The van der Waals surface area contributed by atoms with Crippen LogP contribution in [0.25, 0.3) is 0 Å². The van der Waals surface area contributed by atoms with Gasteiger partial charge in [-0.2, -0.15) is 0 Å². The monoisotopic (exact) mass is 295 g/mol. The maximum Gasteiger partial charge on any atom is 0.243 e. The number of benzene rings is 1. The average Bonchev–Trinajstić information content (AvgIpc) is 2.85. The molecule has 0 radical (unpaired) electrons. The summed E-state index contributed by atoms with van der Waals surface area (Å²) in [6.07, 6.45) is 1.73. The summed E-state index contributed by atoms with van der Waals surface area (Å²) in [7, 11) is 0. The summed E-state index contributed by atoms with van der Waals surface area (Å²) in [5.41, 5.74) is 1.26. The van der Waals surface area contributed by atoms with Crippen molar-refractivity contribution in [2.45, 2.75) is 25.1 Å². The van der Waals surface area contributed by atoms with Gasteiger partial charge in [0.1, 0.15) is 10.4 Å². The molecule has 100 valence electrons. The van der Waals surface area contributed by atoms with Crippen LogP contribution in [0.4, 0.5) is 5.13 Å². The van der Waals surface area contributed by atoms with E-state index in [0.29, 0.717) is 5.13 Å². The van der Waals surface area contributed by atoms with E-state index in [1.165, 1.54) is 16.9 Å². The van der Waals surface area contributed by atoms with Crippen LogP contribution in [0, 0.1) is 0 Å². The summed E-state index contributed by atoms with van der Waals surface area (Å²) in [6.45, 7) is 1.62. The van der Waals surface area contributed by atoms with Gasteiger partial charge in [0.25, 0.3) is 0 Å². The van der Waals surface area contributed by atoms with E-state index < -0.39 is 5.38 Å². The Hall–Kier alpha value is -1.46. The first-order valence-electron chi connectivity index (χ1n) is 5.96. The van der Waals surface area contributed by atoms with Crippen molar-refractivity contribution < 1.29 is 4.79 Å². The van der Waals surface area contributed by atoms with Crippen molar-refractivity contribution in [3.63, 3.8) is 0 Å². The second-order valence-electron chi connectivity index (χ2n) is 4.09. The summed E-state index contributed by atoms with van der Waals surface area (Å²) in [5, 5.41) is 11.4. The standard InChI is InChI=1S/C13H14ClN3OS/c1-9(14)12(18)15-13-17-16-11(19-13)8-7-10-5-3-2-4-6-10/h2-6,9H,7-8H2,1H3,(H,15,17,18)/t9-/m0/s1. The number of alkyl halides is 1. The summed E-state index contributed by atoms with van der Waals surface area (Å²) in [4.78, 5) is 11.4. The summed E-state index contributed by atoms with van der Waals surface area (Å²) < 4.78 is 0. The third-order valence-electron chi connectivity index (χ3n) is 2.53. The van der Waals surface area contributed by atoms with E-state index in [9.17, 15) is 4.79 Å². The molecule has 0 aliphatic heterocycles. The first kappa shape index (κ1) is 14.0. The molecule has 4 nitrogen and oxygen atoms in total. The Kier molecular flexibility index (Phi) is 4.87. The molecule has 2 aromatic rings. The molecule has 1 amide bonds. The van der Waals surface area contributed by atoms with Crippen molar-refractivity contribution in [1.29, 1.82) is 0 Å². The van der Waals surface area contributed by atoms with Crippen LogP contribution >= 0.6 is 22.9 Å². The number of rotatable bonds is 5. The maximum atomic E-state index is 11.4. The highest BCUT2D eigenvalue weighted by atomic mass is 35.5. The number of hydrogen-bond acceptors (Lipinski definition) is 4. The van der Waals surface area contributed by atoms with Crippen LogP contribution in [0.15, 0.2) is 30.3 Å². The lowest BCUT2D eigenvalue weighted by Gasteiger charge is -2.00. The van der Waals surface area contributed by atoms with Crippen molar-refractivity contribution in [1.82, 2.24) is 10.2 Å². The third-order valence-corrected chi connectivity index (χ3v) is 3.63. The molecule has 0 bridgehead atoms. The van der Waals surface area contributed by atoms with Gasteiger partial charge in [0.05, 0.1) is 0 Å². The van der Waals surface area contributed by atoms with Gasteiger partial charge in [-0.3, -0.25) is 10.1 Å². The topological polar surface area (TPSA) is 54.9 Å². The molecule has 0 saturated heterocycles. The summed E-state index contributed by atoms with van der Waals surface area (Å²) in [6, 6.07) is 10.2. The molecule has 19 heavy (non-hydrogen) atoms. The Bertz CT molecular complexity index is 542. The second kappa shape index (κ2) is 6.63. The van der Waals surface area contributed by atoms with E-state index >= 15 is 0 Å². The highest BCUT2D eigenvalue weighted by Crippen LogP contribution is 2.17. The summed E-state index contributed by atoms with van der Waals surface area (Å²) >= 11 is 7.06. The second-order valence-corrected chi connectivity index (χ2v) is 5.81. The fourth-order valence-corrected chi connectivity index (χ4v) is 2.30. The summed E-state index contributed by atoms with van der Waals surface area (Å²) in [5.74, 6) is -0.257. The molecule has 1 N–H and O–H groups in total. The lowest BCUT2D eigenvalue weighted by atomic mass is 10.1. The number of amides is 1. The van der Waals surface area contributed by atoms with Crippen molar-refractivity contribution in [3.05, 3.63) is 40.9 Å². The number of aromatic nitrogens is 2. The normalized spacial score (nSPS) is 12.1.